The van der Waals surface area contributed by atoms with Gasteiger partial charge in [-0.3, -0.25) is 0 Å². The van der Waals surface area contributed by atoms with Gasteiger partial charge in [0.05, 0.1) is 0 Å². The molecular formula is C27H25NO4. The van der Waals surface area contributed by atoms with E-state index in [1.54, 1.807) is 0 Å². The second-order valence-electron chi connectivity index (χ2n) is 8.52. The fraction of sp³-hybridized carbons (Fsp3) is 0.259. The Balaban J connectivity index is 1.25. The van der Waals surface area contributed by atoms with Crippen molar-refractivity contribution in [3.05, 3.63) is 94.5 Å². The van der Waals surface area contributed by atoms with Crippen LogP contribution >= 0.6 is 0 Å². The normalized spacial score (nSPS) is 14.9. The van der Waals surface area contributed by atoms with Gasteiger partial charge in [0.25, 0.3) is 0 Å². The lowest BCUT2D eigenvalue weighted by molar-refractivity contribution is -0.139. The maximum atomic E-state index is 12.5. The van der Waals surface area contributed by atoms with Crippen LogP contribution in [0.3, 0.4) is 0 Å². The van der Waals surface area contributed by atoms with Gasteiger partial charge in [0.2, 0.25) is 0 Å². The Morgan fingerprint density at radius 1 is 0.938 bits per heavy atom. The molecule has 5 nitrogen and oxygen atoms in total. The van der Waals surface area contributed by atoms with Crippen LogP contribution in [0, 0.1) is 0 Å². The summed E-state index contributed by atoms with van der Waals surface area (Å²) in [4.78, 5) is 24.3. The molecule has 0 bridgehead atoms. The highest BCUT2D eigenvalue weighted by atomic mass is 16.5. The number of fused-ring (bicyclic) bond motifs is 4. The zero-order valence-corrected chi connectivity index (χ0v) is 17.7. The summed E-state index contributed by atoms with van der Waals surface area (Å²) in [6, 6.07) is 21.3. The fourth-order valence-electron chi connectivity index (χ4n) is 4.97. The summed E-state index contributed by atoms with van der Waals surface area (Å²) in [5.74, 6) is -1.13. The minimum absolute atomic E-state index is 0.0619. The lowest BCUT2D eigenvalue weighted by Gasteiger charge is -2.18. The maximum Gasteiger partial charge on any atom is 0.407 e. The van der Waals surface area contributed by atoms with Crippen molar-refractivity contribution in [3.8, 4) is 11.1 Å². The van der Waals surface area contributed by atoms with E-state index in [9.17, 15) is 14.7 Å². The number of alkyl carbamates (subject to hydrolysis) is 1. The summed E-state index contributed by atoms with van der Waals surface area (Å²) in [7, 11) is 0. The number of rotatable bonds is 6. The quantitative estimate of drug-likeness (QED) is 0.597. The molecule has 162 valence electrons. The summed E-state index contributed by atoms with van der Waals surface area (Å²) in [5, 5.41) is 12.2. The van der Waals surface area contributed by atoms with Gasteiger partial charge in [-0.15, -0.1) is 0 Å². The van der Waals surface area contributed by atoms with Crippen LogP contribution in [0.1, 0.15) is 40.2 Å². The standard InChI is InChI=1S/C27H25NO4/c29-26(30)25(15-17-12-13-18-6-5-7-19(18)14-17)28-27(31)32-16-24-22-10-3-1-8-20(22)21-9-2-4-11-23(21)24/h1-4,8-14,24-25H,5-7,15-16H2,(H,28,31)(H,29,30). The number of amides is 1. The topological polar surface area (TPSA) is 75.6 Å². The third-order valence-electron chi connectivity index (χ3n) is 6.54. The highest BCUT2D eigenvalue weighted by molar-refractivity contribution is 5.81. The molecule has 5 rings (SSSR count). The van der Waals surface area contributed by atoms with E-state index < -0.39 is 18.1 Å². The smallest absolute Gasteiger partial charge is 0.407 e. The van der Waals surface area contributed by atoms with E-state index >= 15 is 0 Å². The van der Waals surface area contributed by atoms with E-state index in [4.69, 9.17) is 4.74 Å². The van der Waals surface area contributed by atoms with Crippen molar-refractivity contribution >= 4 is 12.1 Å². The molecule has 0 spiro atoms. The lowest BCUT2D eigenvalue weighted by atomic mass is 9.98. The number of hydrogen-bond donors (Lipinski definition) is 2. The largest absolute Gasteiger partial charge is 0.480 e. The Morgan fingerprint density at radius 3 is 2.28 bits per heavy atom. The van der Waals surface area contributed by atoms with Crippen LogP contribution in [-0.4, -0.2) is 29.8 Å². The maximum absolute atomic E-state index is 12.5. The Labute approximate surface area is 187 Å². The lowest BCUT2D eigenvalue weighted by Crippen LogP contribution is -2.42. The first-order valence-electron chi connectivity index (χ1n) is 11.0. The van der Waals surface area contributed by atoms with Crippen molar-refractivity contribution in [2.75, 3.05) is 6.61 Å². The first kappa shape index (κ1) is 20.3. The van der Waals surface area contributed by atoms with Crippen molar-refractivity contribution in [2.24, 2.45) is 0 Å². The van der Waals surface area contributed by atoms with E-state index in [1.807, 2.05) is 30.3 Å². The van der Waals surface area contributed by atoms with Crippen LogP contribution in [0.15, 0.2) is 66.7 Å². The third kappa shape index (κ3) is 3.86. The number of carbonyl (C=O) groups excluding carboxylic acids is 1. The van der Waals surface area contributed by atoms with Gasteiger partial charge in [-0.1, -0.05) is 66.7 Å². The molecule has 0 aromatic heterocycles. The Hall–Kier alpha value is -3.60. The molecule has 0 heterocycles. The van der Waals surface area contributed by atoms with Gasteiger partial charge >= 0.3 is 12.1 Å². The first-order chi connectivity index (χ1) is 15.6. The van der Waals surface area contributed by atoms with Gasteiger partial charge in [0, 0.05) is 12.3 Å². The van der Waals surface area contributed by atoms with Crippen LogP contribution in [0.5, 0.6) is 0 Å². The molecule has 0 radical (unpaired) electrons. The summed E-state index contributed by atoms with van der Waals surface area (Å²) >= 11 is 0. The van der Waals surface area contributed by atoms with Crippen LogP contribution in [0.2, 0.25) is 0 Å². The molecule has 1 amide bonds. The van der Waals surface area contributed by atoms with E-state index in [-0.39, 0.29) is 18.9 Å². The Morgan fingerprint density at radius 2 is 1.59 bits per heavy atom. The number of aliphatic carboxylic acids is 1. The average Bonchev–Trinajstić information content (AvgIpc) is 3.39. The summed E-state index contributed by atoms with van der Waals surface area (Å²) in [5.41, 5.74) is 8.08. The van der Waals surface area contributed by atoms with Crippen molar-refractivity contribution in [1.82, 2.24) is 5.32 Å². The minimum atomic E-state index is -1.07. The van der Waals surface area contributed by atoms with Crippen LogP contribution in [-0.2, 0) is 28.8 Å². The number of benzene rings is 3. The molecule has 3 aromatic carbocycles. The number of carboxylic acid groups (broad SMARTS) is 1. The zero-order valence-electron chi connectivity index (χ0n) is 17.7. The molecule has 0 aliphatic heterocycles. The SMILES string of the molecule is O=C(NC(Cc1ccc2c(c1)CCC2)C(=O)O)OCC1c2ccccc2-c2ccccc21. The molecule has 2 N–H and O–H groups in total. The number of nitrogens with one attached hydrogen (secondary N) is 1. The van der Waals surface area contributed by atoms with Crippen LogP contribution in [0.25, 0.3) is 11.1 Å². The van der Waals surface area contributed by atoms with Gasteiger partial charge in [0.1, 0.15) is 12.6 Å². The molecule has 2 aliphatic rings. The summed E-state index contributed by atoms with van der Waals surface area (Å²) < 4.78 is 5.52. The Bertz CT molecular complexity index is 1140. The highest BCUT2D eigenvalue weighted by Gasteiger charge is 2.30. The second-order valence-corrected chi connectivity index (χ2v) is 8.52. The molecule has 0 saturated carbocycles. The van der Waals surface area contributed by atoms with Gasteiger partial charge in [0.15, 0.2) is 0 Å². The molecular weight excluding hydrogens is 402 g/mol. The van der Waals surface area contributed by atoms with Crippen LogP contribution in [0.4, 0.5) is 4.79 Å². The molecule has 0 saturated heterocycles. The van der Waals surface area contributed by atoms with Crippen molar-refractivity contribution in [1.29, 1.82) is 0 Å². The van der Waals surface area contributed by atoms with Crippen molar-refractivity contribution in [3.63, 3.8) is 0 Å². The first-order valence-corrected chi connectivity index (χ1v) is 11.0. The molecule has 1 atom stereocenters. The van der Waals surface area contributed by atoms with E-state index in [2.05, 4.69) is 41.7 Å². The molecule has 5 heteroatoms. The minimum Gasteiger partial charge on any atom is -0.480 e. The van der Waals surface area contributed by atoms with E-state index in [0.717, 1.165) is 47.1 Å². The van der Waals surface area contributed by atoms with Crippen molar-refractivity contribution in [2.45, 2.75) is 37.6 Å². The van der Waals surface area contributed by atoms with Crippen LogP contribution < -0.4 is 5.32 Å². The molecule has 2 aliphatic carbocycles. The van der Waals surface area contributed by atoms with E-state index in [1.165, 1.54) is 11.1 Å². The molecule has 3 aromatic rings. The summed E-state index contributed by atoms with van der Waals surface area (Å²) in [6.45, 7) is 0.158. The average molecular weight is 428 g/mol. The fourth-order valence-corrected chi connectivity index (χ4v) is 4.97. The van der Waals surface area contributed by atoms with Gasteiger partial charge in [-0.2, -0.15) is 0 Å². The molecule has 32 heavy (non-hydrogen) atoms. The van der Waals surface area contributed by atoms with Gasteiger partial charge in [-0.05, 0) is 58.2 Å². The van der Waals surface area contributed by atoms with Gasteiger partial charge in [-0.25, -0.2) is 9.59 Å². The van der Waals surface area contributed by atoms with Crippen molar-refractivity contribution < 1.29 is 19.4 Å². The predicted octanol–water partition coefficient (Wildman–Crippen LogP) is 4.71. The predicted molar refractivity (Wildman–Crippen MR) is 122 cm³/mol. The van der Waals surface area contributed by atoms with E-state index in [0.29, 0.717) is 0 Å². The highest BCUT2D eigenvalue weighted by Crippen LogP contribution is 2.44. The number of aryl methyl sites for hydroxylation is 2. The monoisotopic (exact) mass is 427 g/mol. The molecule has 0 fully saturated rings. The number of ether oxygens (including phenoxy) is 1. The number of carbonyl (C=O) groups is 2. The van der Waals surface area contributed by atoms with Gasteiger partial charge < -0.3 is 15.2 Å². The summed E-state index contributed by atoms with van der Waals surface area (Å²) in [6.07, 6.45) is 2.77. The number of carboxylic acids is 1. The zero-order chi connectivity index (χ0) is 22.1. The number of hydrogen-bond acceptors (Lipinski definition) is 3. The third-order valence-corrected chi connectivity index (χ3v) is 6.54. The second kappa shape index (κ2) is 8.50. The molecule has 1 unspecified atom stereocenters. The Kier molecular flexibility index (Phi) is 5.39.